The van der Waals surface area contributed by atoms with Gasteiger partial charge in [-0.05, 0) is 34.9 Å². The summed E-state index contributed by atoms with van der Waals surface area (Å²) in [6, 6.07) is 21.2. The molecule has 3 aromatic carbocycles. The monoisotopic (exact) mass is 422 g/mol. The lowest BCUT2D eigenvalue weighted by atomic mass is 10.0. The van der Waals surface area contributed by atoms with Crippen molar-refractivity contribution >= 4 is 24.3 Å². The van der Waals surface area contributed by atoms with Crippen molar-refractivity contribution in [2.45, 2.75) is 0 Å². The minimum absolute atomic E-state index is 0.483. The molecule has 0 radical (unpaired) electrons. The molecular formula is C27H22N2O3. The molecule has 0 heterocycles. The van der Waals surface area contributed by atoms with E-state index >= 15 is 0 Å². The molecule has 0 saturated carbocycles. The second-order valence-corrected chi connectivity index (χ2v) is 6.74. The lowest BCUT2D eigenvalue weighted by Crippen LogP contribution is -1.91. The Morgan fingerprint density at radius 1 is 0.594 bits per heavy atom. The van der Waals surface area contributed by atoms with Gasteiger partial charge in [-0.15, -0.1) is 0 Å². The number of nitriles is 2. The van der Waals surface area contributed by atoms with E-state index in [2.05, 4.69) is 12.1 Å². The molecule has 0 unspecified atom stereocenters. The van der Waals surface area contributed by atoms with Gasteiger partial charge >= 0.3 is 0 Å². The summed E-state index contributed by atoms with van der Waals surface area (Å²) in [7, 11) is 4.71. The lowest BCUT2D eigenvalue weighted by Gasteiger charge is -2.08. The summed E-state index contributed by atoms with van der Waals surface area (Å²) in [5, 5.41) is 18.9. The van der Waals surface area contributed by atoms with E-state index < -0.39 is 0 Å². The number of hydrogen-bond acceptors (Lipinski definition) is 5. The van der Waals surface area contributed by atoms with E-state index in [0.29, 0.717) is 28.4 Å². The molecule has 0 amide bonds. The van der Waals surface area contributed by atoms with Gasteiger partial charge in [0.05, 0.1) is 21.3 Å². The van der Waals surface area contributed by atoms with Crippen LogP contribution in [0, 0.1) is 22.7 Å². The fourth-order valence-electron chi connectivity index (χ4n) is 3.29. The van der Waals surface area contributed by atoms with Gasteiger partial charge in [0, 0.05) is 5.56 Å². The number of methoxy groups -OCH3 is 3. The summed E-state index contributed by atoms with van der Waals surface area (Å²) >= 11 is 0. The summed E-state index contributed by atoms with van der Waals surface area (Å²) in [5.74, 6) is 1.77. The van der Waals surface area contributed by atoms with Crippen LogP contribution in [0.2, 0.25) is 0 Å². The first-order chi connectivity index (χ1) is 15.6. The van der Waals surface area contributed by atoms with E-state index in [1.807, 2.05) is 66.8 Å². The van der Waals surface area contributed by atoms with E-state index in [-0.39, 0.29) is 0 Å². The van der Waals surface area contributed by atoms with Gasteiger partial charge in [-0.1, -0.05) is 60.7 Å². The third-order valence-electron chi connectivity index (χ3n) is 4.94. The first-order valence-electron chi connectivity index (χ1n) is 9.83. The van der Waals surface area contributed by atoms with Crippen molar-refractivity contribution in [1.82, 2.24) is 0 Å². The molecule has 0 atom stereocenters. The third kappa shape index (κ3) is 4.80. The minimum atomic E-state index is 0.483. The molecule has 32 heavy (non-hydrogen) atoms. The molecule has 0 aliphatic carbocycles. The van der Waals surface area contributed by atoms with Crippen molar-refractivity contribution in [2.24, 2.45) is 0 Å². The largest absolute Gasteiger partial charge is 0.496 e. The van der Waals surface area contributed by atoms with Crippen LogP contribution in [0.3, 0.4) is 0 Å². The summed E-state index contributed by atoms with van der Waals surface area (Å²) in [6.07, 6.45) is 7.56. The topological polar surface area (TPSA) is 75.3 Å². The zero-order valence-corrected chi connectivity index (χ0v) is 18.1. The van der Waals surface area contributed by atoms with Crippen molar-refractivity contribution in [3.8, 4) is 29.4 Å². The van der Waals surface area contributed by atoms with Crippen molar-refractivity contribution in [3.63, 3.8) is 0 Å². The average Bonchev–Trinajstić information content (AvgIpc) is 2.85. The fourth-order valence-corrected chi connectivity index (χ4v) is 3.29. The van der Waals surface area contributed by atoms with E-state index in [9.17, 15) is 10.5 Å². The summed E-state index contributed by atoms with van der Waals surface area (Å²) in [6.45, 7) is 0. The van der Waals surface area contributed by atoms with Crippen LogP contribution in [0.5, 0.6) is 17.2 Å². The Kier molecular flexibility index (Phi) is 7.30. The summed E-state index contributed by atoms with van der Waals surface area (Å²) in [5.41, 5.74) is 4.30. The van der Waals surface area contributed by atoms with Gasteiger partial charge in [0.15, 0.2) is 0 Å². The molecule has 5 nitrogen and oxygen atoms in total. The predicted octanol–water partition coefficient (Wildman–Crippen LogP) is 5.80. The van der Waals surface area contributed by atoms with Crippen LogP contribution in [0.25, 0.3) is 24.3 Å². The van der Waals surface area contributed by atoms with Crippen LogP contribution in [0.1, 0.15) is 33.4 Å². The normalized spacial score (nSPS) is 10.7. The smallest absolute Gasteiger partial charge is 0.137 e. The molecule has 0 fully saturated rings. The highest BCUT2D eigenvalue weighted by molar-refractivity contribution is 5.79. The molecule has 0 N–H and O–H groups in total. The zero-order chi connectivity index (χ0) is 22.9. The molecule has 3 rings (SSSR count). The molecule has 0 saturated heterocycles. The summed E-state index contributed by atoms with van der Waals surface area (Å²) < 4.78 is 16.1. The van der Waals surface area contributed by atoms with Crippen LogP contribution in [-0.4, -0.2) is 21.3 Å². The van der Waals surface area contributed by atoms with E-state index in [4.69, 9.17) is 14.2 Å². The predicted molar refractivity (Wildman–Crippen MR) is 126 cm³/mol. The first-order valence-corrected chi connectivity index (χ1v) is 9.83. The average molecular weight is 422 g/mol. The van der Waals surface area contributed by atoms with Crippen LogP contribution in [0.4, 0.5) is 0 Å². The Hall–Kier alpha value is -4.48. The van der Waals surface area contributed by atoms with E-state index in [0.717, 1.165) is 22.3 Å². The van der Waals surface area contributed by atoms with Crippen LogP contribution >= 0.6 is 0 Å². The van der Waals surface area contributed by atoms with Crippen LogP contribution in [-0.2, 0) is 0 Å². The van der Waals surface area contributed by atoms with Gasteiger partial charge in [-0.3, -0.25) is 0 Å². The number of benzene rings is 3. The Bertz CT molecular complexity index is 1260. The van der Waals surface area contributed by atoms with Crippen molar-refractivity contribution in [1.29, 1.82) is 10.5 Å². The summed E-state index contributed by atoms with van der Waals surface area (Å²) in [4.78, 5) is 0. The van der Waals surface area contributed by atoms with Gasteiger partial charge in [0.2, 0.25) is 0 Å². The molecule has 158 valence electrons. The lowest BCUT2D eigenvalue weighted by molar-refractivity contribution is 0.413. The van der Waals surface area contributed by atoms with Crippen molar-refractivity contribution < 1.29 is 14.2 Å². The number of hydrogen-bond donors (Lipinski definition) is 0. The maximum absolute atomic E-state index is 9.46. The van der Waals surface area contributed by atoms with Gasteiger partial charge in [0.25, 0.3) is 0 Å². The molecule has 3 aromatic rings. The van der Waals surface area contributed by atoms with Gasteiger partial charge in [-0.2, -0.15) is 10.5 Å². The highest BCUT2D eigenvalue weighted by Gasteiger charge is 2.08. The number of ether oxygens (including phenoxy) is 3. The Labute approximate surface area is 188 Å². The maximum atomic E-state index is 9.46. The Morgan fingerprint density at radius 2 is 1.09 bits per heavy atom. The molecule has 0 spiro atoms. The first kappa shape index (κ1) is 22.2. The SMILES string of the molecule is COc1cc(/C=C/c2cccc(OC)c2C#N)ccc1/C=C/c1cccc(OC)c1C#N. The molecule has 5 heteroatoms. The van der Waals surface area contributed by atoms with Crippen LogP contribution in [0.15, 0.2) is 54.6 Å². The van der Waals surface area contributed by atoms with Gasteiger partial charge in [0.1, 0.15) is 40.5 Å². The third-order valence-corrected chi connectivity index (χ3v) is 4.94. The second-order valence-electron chi connectivity index (χ2n) is 6.74. The quantitative estimate of drug-likeness (QED) is 0.450. The Morgan fingerprint density at radius 3 is 1.59 bits per heavy atom. The molecule has 0 aromatic heterocycles. The van der Waals surface area contributed by atoms with Crippen molar-refractivity contribution in [2.75, 3.05) is 21.3 Å². The second kappa shape index (κ2) is 10.5. The maximum Gasteiger partial charge on any atom is 0.137 e. The number of rotatable bonds is 7. The van der Waals surface area contributed by atoms with Crippen molar-refractivity contribution in [3.05, 3.63) is 88.0 Å². The number of nitrogens with zero attached hydrogens (tertiary/aromatic N) is 2. The zero-order valence-electron chi connectivity index (χ0n) is 18.1. The molecule has 0 aliphatic rings. The molecule has 0 bridgehead atoms. The van der Waals surface area contributed by atoms with E-state index in [1.54, 1.807) is 33.5 Å². The molecular weight excluding hydrogens is 400 g/mol. The van der Waals surface area contributed by atoms with E-state index in [1.165, 1.54) is 0 Å². The highest BCUT2D eigenvalue weighted by Crippen LogP contribution is 2.27. The Balaban J connectivity index is 1.90. The molecule has 0 aliphatic heterocycles. The fraction of sp³-hybridized carbons (Fsp3) is 0.111. The van der Waals surface area contributed by atoms with Crippen LogP contribution < -0.4 is 14.2 Å². The standard InChI is InChI=1S/C27H22N2O3/c1-30-25-8-4-6-20(23(25)17-28)12-10-19-11-13-22(27(16-19)32-3)15-14-21-7-5-9-26(31-2)24(21)18-29/h4-16H,1-3H3/b12-10+,15-14+. The van der Waals surface area contributed by atoms with Gasteiger partial charge in [-0.25, -0.2) is 0 Å². The highest BCUT2D eigenvalue weighted by atomic mass is 16.5. The van der Waals surface area contributed by atoms with Gasteiger partial charge < -0.3 is 14.2 Å². The minimum Gasteiger partial charge on any atom is -0.496 e.